The molecule has 0 saturated carbocycles. The second-order valence-corrected chi connectivity index (χ2v) is 6.83. The highest BCUT2D eigenvalue weighted by molar-refractivity contribution is 6.17. The van der Waals surface area contributed by atoms with E-state index in [1.807, 2.05) is 12.1 Å². The molecule has 3 aromatic rings. The number of anilines is 1. The van der Waals surface area contributed by atoms with E-state index in [1.165, 1.54) is 13.3 Å². The minimum absolute atomic E-state index is 0.0406. The molecule has 1 aromatic carbocycles. The van der Waals surface area contributed by atoms with Crippen molar-refractivity contribution in [3.8, 4) is 11.1 Å². The van der Waals surface area contributed by atoms with Gasteiger partial charge in [-0.05, 0) is 18.6 Å². The van der Waals surface area contributed by atoms with Gasteiger partial charge >= 0.3 is 0 Å². The molecule has 1 unspecified atom stereocenters. The van der Waals surface area contributed by atoms with Gasteiger partial charge in [0.05, 0.1) is 25.2 Å². The molecule has 0 aliphatic carbocycles. The third-order valence-electron chi connectivity index (χ3n) is 4.77. The molecule has 0 saturated heterocycles. The van der Waals surface area contributed by atoms with Gasteiger partial charge in [0.15, 0.2) is 6.23 Å². The summed E-state index contributed by atoms with van der Waals surface area (Å²) in [5, 5.41) is 32.9. The lowest BCUT2D eigenvalue weighted by Gasteiger charge is -2.32. The molecule has 9 heteroatoms. The van der Waals surface area contributed by atoms with Crippen LogP contribution in [0.5, 0.6) is 0 Å². The molecular formula is C19H20N4O5. The van der Waals surface area contributed by atoms with E-state index >= 15 is 0 Å². The number of aromatic nitrogens is 3. The number of rotatable bonds is 6. The van der Waals surface area contributed by atoms with Crippen LogP contribution in [0.3, 0.4) is 0 Å². The topological polar surface area (TPSA) is 130 Å². The second kappa shape index (κ2) is 6.95. The van der Waals surface area contributed by atoms with E-state index < -0.39 is 18.4 Å². The molecule has 0 fully saturated rings. The number of hydrogen-bond donors (Lipinski definition) is 4. The van der Waals surface area contributed by atoms with Crippen LogP contribution in [0.15, 0.2) is 36.8 Å². The third kappa shape index (κ3) is 2.85. The molecule has 4 rings (SSSR count). The molecule has 2 aromatic heterocycles. The normalized spacial score (nSPS) is 16.2. The zero-order valence-electron chi connectivity index (χ0n) is 15.2. The number of hydrogen-bond acceptors (Lipinski definition) is 7. The van der Waals surface area contributed by atoms with Crippen LogP contribution >= 0.6 is 0 Å². The highest BCUT2D eigenvalue weighted by Gasteiger charge is 2.36. The van der Waals surface area contributed by atoms with Gasteiger partial charge in [0, 0.05) is 17.3 Å². The number of benzene rings is 1. The number of carbonyl (C=O) groups excluding carboxylic acids is 1. The first-order valence-corrected chi connectivity index (χ1v) is 8.80. The summed E-state index contributed by atoms with van der Waals surface area (Å²) in [6.07, 6.45) is 2.00. The summed E-state index contributed by atoms with van der Waals surface area (Å²) < 4.78 is 7.25. The first kappa shape index (κ1) is 18.5. The van der Waals surface area contributed by atoms with E-state index in [0.29, 0.717) is 33.5 Å². The summed E-state index contributed by atoms with van der Waals surface area (Å²) in [6.45, 7) is 0.581. The molecular weight excluding hydrogens is 364 g/mol. The number of fused-ring (bicyclic) bond motifs is 2. The number of nitrogens with one attached hydrogen (secondary N) is 1. The average Bonchev–Trinajstić information content (AvgIpc) is 3.03. The molecule has 0 bridgehead atoms. The van der Waals surface area contributed by atoms with Crippen LogP contribution in [0.2, 0.25) is 0 Å². The fourth-order valence-corrected chi connectivity index (χ4v) is 3.46. The fraction of sp³-hybridized carbons (Fsp3) is 0.316. The van der Waals surface area contributed by atoms with Crippen LogP contribution in [0.4, 0.5) is 5.82 Å². The zero-order chi connectivity index (χ0) is 19.9. The van der Waals surface area contributed by atoms with Crippen molar-refractivity contribution in [3.05, 3.63) is 42.4 Å². The molecule has 2 atom stereocenters. The number of amides is 1. The lowest BCUT2D eigenvalue weighted by molar-refractivity contribution is -0.159. The predicted molar refractivity (Wildman–Crippen MR) is 101 cm³/mol. The Kier molecular flexibility index (Phi) is 4.60. The van der Waals surface area contributed by atoms with Crippen molar-refractivity contribution in [1.82, 2.24) is 14.5 Å². The lowest BCUT2D eigenvalue weighted by atomic mass is 10.0. The van der Waals surface area contributed by atoms with E-state index in [9.17, 15) is 15.0 Å². The van der Waals surface area contributed by atoms with Gasteiger partial charge in [0.25, 0.3) is 5.91 Å². The summed E-state index contributed by atoms with van der Waals surface area (Å²) in [5.41, 5.74) is 0.666. The average molecular weight is 384 g/mol. The maximum atomic E-state index is 12.6. The molecule has 1 aliphatic heterocycles. The minimum Gasteiger partial charge on any atom is -0.394 e. The Labute approximate surface area is 160 Å². The first-order chi connectivity index (χ1) is 13.5. The van der Waals surface area contributed by atoms with Crippen molar-refractivity contribution < 1.29 is 24.9 Å². The number of aliphatic hydroxyl groups excluding tert-OH is 2. The Hall–Kier alpha value is -2.85. The summed E-state index contributed by atoms with van der Waals surface area (Å²) in [4.78, 5) is 21.1. The highest BCUT2D eigenvalue weighted by atomic mass is 16.5. The van der Waals surface area contributed by atoms with E-state index in [4.69, 9.17) is 9.84 Å². The standard InChI is InChI=1S/C19H20N4O5/c1-19(27,9-25)18(28-7-6-24)23-8-13-11-4-2-3-5-12(11)17(26)22-15-14(13)16(23)21-10-20-15/h2-5,8,10,18,24-25,27H,6-7,9H2,1H3,(H,20,21,22,26)/t18?,19-/m1/s1. The Balaban J connectivity index is 1.99. The predicted octanol–water partition coefficient (Wildman–Crippen LogP) is 0.915. The fourth-order valence-electron chi connectivity index (χ4n) is 3.46. The van der Waals surface area contributed by atoms with Crippen LogP contribution in [-0.2, 0) is 4.74 Å². The van der Waals surface area contributed by atoms with Crippen LogP contribution in [0.25, 0.3) is 22.2 Å². The van der Waals surface area contributed by atoms with Crippen LogP contribution in [-0.4, -0.2) is 61.2 Å². The summed E-state index contributed by atoms with van der Waals surface area (Å²) >= 11 is 0. The highest BCUT2D eigenvalue weighted by Crippen LogP contribution is 2.40. The SMILES string of the molecule is C[C@@](O)(CO)C(OCCO)n1cc2c3c(ncnc31)NC(=O)c1ccccc1-2. The molecule has 4 N–H and O–H groups in total. The van der Waals surface area contributed by atoms with Gasteiger partial charge in [-0.2, -0.15) is 0 Å². The van der Waals surface area contributed by atoms with Gasteiger partial charge in [-0.3, -0.25) is 4.79 Å². The first-order valence-electron chi connectivity index (χ1n) is 8.80. The van der Waals surface area contributed by atoms with Gasteiger partial charge in [-0.15, -0.1) is 0 Å². The van der Waals surface area contributed by atoms with Gasteiger partial charge < -0.3 is 29.9 Å². The van der Waals surface area contributed by atoms with E-state index in [-0.39, 0.29) is 19.1 Å². The summed E-state index contributed by atoms with van der Waals surface area (Å²) in [7, 11) is 0. The van der Waals surface area contributed by atoms with Crippen LogP contribution < -0.4 is 5.32 Å². The van der Waals surface area contributed by atoms with E-state index in [0.717, 1.165) is 0 Å². The molecule has 0 spiro atoms. The van der Waals surface area contributed by atoms with Crippen LogP contribution in [0.1, 0.15) is 23.5 Å². The van der Waals surface area contributed by atoms with E-state index in [2.05, 4.69) is 15.3 Å². The van der Waals surface area contributed by atoms with Gasteiger partial charge in [0.1, 0.15) is 23.4 Å². The molecule has 1 aliphatic rings. The smallest absolute Gasteiger partial charge is 0.257 e. The van der Waals surface area contributed by atoms with Gasteiger partial charge in [0.2, 0.25) is 0 Å². The Morgan fingerprint density at radius 3 is 2.68 bits per heavy atom. The Morgan fingerprint density at radius 2 is 1.96 bits per heavy atom. The Morgan fingerprint density at radius 1 is 1.21 bits per heavy atom. The van der Waals surface area contributed by atoms with Crippen molar-refractivity contribution in [3.63, 3.8) is 0 Å². The molecule has 0 radical (unpaired) electrons. The minimum atomic E-state index is -1.64. The number of aliphatic hydroxyl groups is 3. The second-order valence-electron chi connectivity index (χ2n) is 6.83. The quantitative estimate of drug-likeness (QED) is 0.497. The van der Waals surface area contributed by atoms with Crippen molar-refractivity contribution in [2.45, 2.75) is 18.8 Å². The Bertz CT molecular complexity index is 1050. The number of nitrogens with zero attached hydrogens (tertiary/aromatic N) is 3. The molecule has 146 valence electrons. The molecule has 1 amide bonds. The van der Waals surface area contributed by atoms with Crippen molar-refractivity contribution in [2.75, 3.05) is 25.1 Å². The summed E-state index contributed by atoms with van der Waals surface area (Å²) in [6, 6.07) is 7.15. The number of carbonyl (C=O) groups is 1. The zero-order valence-corrected chi connectivity index (χ0v) is 15.2. The van der Waals surface area contributed by atoms with Crippen molar-refractivity contribution >= 4 is 22.8 Å². The maximum Gasteiger partial charge on any atom is 0.257 e. The van der Waals surface area contributed by atoms with Crippen molar-refractivity contribution in [1.29, 1.82) is 0 Å². The van der Waals surface area contributed by atoms with Crippen LogP contribution in [0, 0.1) is 0 Å². The van der Waals surface area contributed by atoms with Gasteiger partial charge in [-0.1, -0.05) is 18.2 Å². The summed E-state index contributed by atoms with van der Waals surface area (Å²) in [5.74, 6) is 0.0817. The number of ether oxygens (including phenoxy) is 1. The molecule has 9 nitrogen and oxygen atoms in total. The largest absolute Gasteiger partial charge is 0.394 e. The van der Waals surface area contributed by atoms with Gasteiger partial charge in [-0.25, -0.2) is 9.97 Å². The molecule has 28 heavy (non-hydrogen) atoms. The monoisotopic (exact) mass is 384 g/mol. The third-order valence-corrected chi connectivity index (χ3v) is 4.77. The maximum absolute atomic E-state index is 12.6. The van der Waals surface area contributed by atoms with E-state index in [1.54, 1.807) is 22.9 Å². The molecule has 3 heterocycles. The lowest BCUT2D eigenvalue weighted by Crippen LogP contribution is -2.41. The van der Waals surface area contributed by atoms with Crippen molar-refractivity contribution in [2.24, 2.45) is 0 Å².